The minimum absolute atomic E-state index is 0.170. The number of esters is 1. The van der Waals surface area contributed by atoms with Crippen LogP contribution in [0.2, 0.25) is 0 Å². The van der Waals surface area contributed by atoms with Crippen LogP contribution in [0.3, 0.4) is 0 Å². The molecule has 1 aromatic rings. The Bertz CT molecular complexity index is 526. The SMILES string of the molecule is C=[NH+][C@@H](Cc1ccc(O)cc1)C(=O)N[C@@H]1C(=O)O[C@@H]1C. The zero-order valence-corrected chi connectivity index (χ0v) is 11.1. The van der Waals surface area contributed by atoms with Gasteiger partial charge in [0.25, 0.3) is 5.91 Å². The van der Waals surface area contributed by atoms with Gasteiger partial charge in [0, 0.05) is 6.42 Å². The average Bonchev–Trinajstić information content (AvgIpc) is 2.44. The number of cyclic esters (lactones) is 1. The highest BCUT2D eigenvalue weighted by Crippen LogP contribution is 2.14. The van der Waals surface area contributed by atoms with E-state index in [4.69, 9.17) is 4.74 Å². The minimum atomic E-state index is -0.585. The van der Waals surface area contributed by atoms with Crippen LogP contribution in [0.5, 0.6) is 5.75 Å². The molecule has 0 aliphatic carbocycles. The third-order valence-corrected chi connectivity index (χ3v) is 3.26. The summed E-state index contributed by atoms with van der Waals surface area (Å²) in [7, 11) is 0. The van der Waals surface area contributed by atoms with Gasteiger partial charge >= 0.3 is 5.97 Å². The number of carbonyl (C=O) groups excluding carboxylic acids is 2. The van der Waals surface area contributed by atoms with Gasteiger partial charge in [0.2, 0.25) is 6.04 Å². The highest BCUT2D eigenvalue weighted by atomic mass is 16.6. The van der Waals surface area contributed by atoms with Crippen molar-refractivity contribution in [2.24, 2.45) is 0 Å². The molecule has 3 N–H and O–H groups in total. The highest BCUT2D eigenvalue weighted by Gasteiger charge is 2.41. The molecule has 1 aromatic carbocycles. The summed E-state index contributed by atoms with van der Waals surface area (Å²) in [5, 5.41) is 11.8. The van der Waals surface area contributed by atoms with Crippen LogP contribution in [0.4, 0.5) is 0 Å². The van der Waals surface area contributed by atoms with Gasteiger partial charge in [-0.1, -0.05) is 12.1 Å². The molecule has 106 valence electrons. The van der Waals surface area contributed by atoms with Crippen molar-refractivity contribution in [1.82, 2.24) is 5.32 Å². The van der Waals surface area contributed by atoms with E-state index in [-0.39, 0.29) is 17.8 Å². The van der Waals surface area contributed by atoms with Gasteiger partial charge in [0.1, 0.15) is 18.6 Å². The predicted molar refractivity (Wildman–Crippen MR) is 71.2 cm³/mol. The van der Waals surface area contributed by atoms with Crippen molar-refractivity contribution in [3.8, 4) is 5.75 Å². The van der Waals surface area contributed by atoms with E-state index in [0.29, 0.717) is 6.42 Å². The molecule has 1 aliphatic rings. The Morgan fingerprint density at radius 3 is 2.65 bits per heavy atom. The Morgan fingerprint density at radius 1 is 1.50 bits per heavy atom. The number of benzene rings is 1. The molecule has 1 heterocycles. The first-order chi connectivity index (χ1) is 9.51. The predicted octanol–water partition coefficient (Wildman–Crippen LogP) is -1.49. The van der Waals surface area contributed by atoms with Gasteiger partial charge in [0.05, 0.1) is 0 Å². The maximum absolute atomic E-state index is 12.1. The van der Waals surface area contributed by atoms with E-state index < -0.39 is 18.1 Å². The molecular weight excluding hydrogens is 260 g/mol. The standard InChI is InChI=1S/C14H16N2O4/c1-8-12(14(19)20-8)16-13(18)11(15-2)7-9-3-5-10(17)6-4-9/h3-6,8,11-12,17H,2,7H2,1H3,(H,16,18)/p+1/t8-,11+,12+/m1/s1. The Hall–Kier alpha value is -2.37. The lowest BCUT2D eigenvalue weighted by Gasteiger charge is -2.32. The Balaban J connectivity index is 1.97. The zero-order chi connectivity index (χ0) is 14.7. The first kappa shape index (κ1) is 14.0. The van der Waals surface area contributed by atoms with Crippen molar-refractivity contribution in [2.45, 2.75) is 31.5 Å². The summed E-state index contributed by atoms with van der Waals surface area (Å²) in [6, 6.07) is 5.43. The van der Waals surface area contributed by atoms with Gasteiger partial charge in [-0.05, 0) is 24.6 Å². The largest absolute Gasteiger partial charge is 0.508 e. The van der Waals surface area contributed by atoms with Gasteiger partial charge in [-0.25, -0.2) is 9.79 Å². The topological polar surface area (TPSA) is 89.6 Å². The molecule has 1 saturated heterocycles. The number of ether oxygens (including phenoxy) is 1. The number of nitrogens with one attached hydrogen (secondary N) is 2. The molecule has 6 heteroatoms. The number of hydrogen-bond donors (Lipinski definition) is 3. The lowest BCUT2D eigenvalue weighted by molar-refractivity contribution is -0.478. The minimum Gasteiger partial charge on any atom is -0.508 e. The molecule has 2 rings (SSSR count). The second-order valence-corrected chi connectivity index (χ2v) is 4.76. The maximum atomic E-state index is 12.1. The lowest BCUT2D eigenvalue weighted by Crippen LogP contribution is -2.80. The van der Waals surface area contributed by atoms with Crippen LogP contribution >= 0.6 is 0 Å². The molecule has 1 fully saturated rings. The van der Waals surface area contributed by atoms with Crippen LogP contribution in [0, 0.1) is 0 Å². The molecule has 0 saturated carbocycles. The normalized spacial score (nSPS) is 22.4. The van der Waals surface area contributed by atoms with Gasteiger partial charge in [-0.15, -0.1) is 0 Å². The van der Waals surface area contributed by atoms with Gasteiger partial charge in [-0.2, -0.15) is 0 Å². The van der Waals surface area contributed by atoms with E-state index in [1.54, 1.807) is 31.2 Å². The molecule has 1 aliphatic heterocycles. The van der Waals surface area contributed by atoms with Gasteiger partial charge in [0.15, 0.2) is 6.04 Å². The van der Waals surface area contributed by atoms with Gasteiger partial charge in [-0.3, -0.25) is 4.79 Å². The molecule has 0 spiro atoms. The maximum Gasteiger partial charge on any atom is 0.332 e. The van der Waals surface area contributed by atoms with E-state index in [9.17, 15) is 14.7 Å². The van der Waals surface area contributed by atoms with Crippen LogP contribution in [0.15, 0.2) is 24.3 Å². The van der Waals surface area contributed by atoms with Crippen LogP contribution in [-0.2, 0) is 20.7 Å². The molecule has 3 atom stereocenters. The smallest absolute Gasteiger partial charge is 0.332 e. The quantitative estimate of drug-likeness (QED) is 0.452. The Morgan fingerprint density at radius 2 is 2.15 bits per heavy atom. The molecule has 6 nitrogen and oxygen atoms in total. The van der Waals surface area contributed by atoms with Crippen molar-refractivity contribution in [1.29, 1.82) is 0 Å². The van der Waals surface area contributed by atoms with Crippen LogP contribution < -0.4 is 10.3 Å². The van der Waals surface area contributed by atoms with E-state index in [2.05, 4.69) is 17.0 Å². The second-order valence-electron chi connectivity index (χ2n) is 4.76. The summed E-state index contributed by atoms with van der Waals surface area (Å²) in [6.07, 6.45) is 0.108. The first-order valence-corrected chi connectivity index (χ1v) is 6.32. The molecular formula is C14H17N2O4+. The van der Waals surface area contributed by atoms with Crippen molar-refractivity contribution >= 4 is 18.6 Å². The lowest BCUT2D eigenvalue weighted by atomic mass is 10.0. The van der Waals surface area contributed by atoms with Crippen molar-refractivity contribution in [3.63, 3.8) is 0 Å². The van der Waals surface area contributed by atoms with E-state index in [1.807, 2.05) is 0 Å². The molecule has 0 aromatic heterocycles. The van der Waals surface area contributed by atoms with Crippen LogP contribution in [0.1, 0.15) is 12.5 Å². The van der Waals surface area contributed by atoms with Crippen molar-refractivity contribution in [2.75, 3.05) is 0 Å². The summed E-state index contributed by atoms with van der Waals surface area (Å²) >= 11 is 0. The first-order valence-electron chi connectivity index (χ1n) is 6.32. The van der Waals surface area contributed by atoms with Crippen LogP contribution in [-0.4, -0.2) is 41.9 Å². The second kappa shape index (κ2) is 5.73. The number of carbonyl (C=O) groups is 2. The third-order valence-electron chi connectivity index (χ3n) is 3.26. The summed E-state index contributed by atoms with van der Waals surface area (Å²) in [5.74, 6) is -0.553. The molecule has 20 heavy (non-hydrogen) atoms. The fraction of sp³-hybridized carbons (Fsp3) is 0.357. The molecule has 1 amide bonds. The fourth-order valence-electron chi connectivity index (χ4n) is 2.00. The summed E-state index contributed by atoms with van der Waals surface area (Å²) in [5.41, 5.74) is 0.878. The number of amides is 1. The fourth-order valence-corrected chi connectivity index (χ4v) is 2.00. The monoisotopic (exact) mass is 277 g/mol. The number of phenolic OH excluding ortho intramolecular Hbond substituents is 1. The third kappa shape index (κ3) is 2.96. The summed E-state index contributed by atoms with van der Waals surface area (Å²) < 4.78 is 4.78. The number of hydrogen-bond acceptors (Lipinski definition) is 4. The van der Waals surface area contributed by atoms with E-state index in [1.165, 1.54) is 0 Å². The molecule has 0 unspecified atom stereocenters. The average molecular weight is 277 g/mol. The Labute approximate surface area is 116 Å². The number of rotatable bonds is 5. The molecule has 0 bridgehead atoms. The number of phenols is 1. The zero-order valence-electron chi connectivity index (χ0n) is 11.1. The summed E-state index contributed by atoms with van der Waals surface area (Å²) in [4.78, 5) is 25.9. The van der Waals surface area contributed by atoms with E-state index in [0.717, 1.165) is 5.56 Å². The Kier molecular flexibility index (Phi) is 4.02. The molecule has 0 radical (unpaired) electrons. The number of aromatic hydroxyl groups is 1. The summed E-state index contributed by atoms with van der Waals surface area (Å²) in [6.45, 7) is 5.25. The van der Waals surface area contributed by atoms with Crippen molar-refractivity contribution in [3.05, 3.63) is 29.8 Å². The van der Waals surface area contributed by atoms with Crippen LogP contribution in [0.25, 0.3) is 0 Å². The van der Waals surface area contributed by atoms with E-state index >= 15 is 0 Å². The highest BCUT2D eigenvalue weighted by molar-refractivity contribution is 5.90. The van der Waals surface area contributed by atoms with Gasteiger partial charge < -0.3 is 15.2 Å². The van der Waals surface area contributed by atoms with Crippen molar-refractivity contribution < 1.29 is 24.4 Å².